The number of carbonyl (C=O) groups is 2. The SMILES string of the molecule is Cc1cc(C(=O)C(=O)c2ccccc2)c(C)c(C)c1[N+](=O)[O-]. The smallest absolute Gasteiger partial charge is 0.275 e. The molecule has 5 nitrogen and oxygen atoms in total. The van der Waals surface area contributed by atoms with Gasteiger partial charge in [0.1, 0.15) is 0 Å². The van der Waals surface area contributed by atoms with Crippen molar-refractivity contribution in [1.29, 1.82) is 0 Å². The average molecular weight is 297 g/mol. The maximum atomic E-state index is 12.4. The fourth-order valence-corrected chi connectivity index (χ4v) is 2.43. The molecular weight excluding hydrogens is 282 g/mol. The Morgan fingerprint density at radius 2 is 1.55 bits per heavy atom. The zero-order chi connectivity index (χ0) is 16.4. The second-order valence-corrected chi connectivity index (χ2v) is 5.12. The molecular formula is C17H15NO4. The van der Waals surface area contributed by atoms with Crippen LogP contribution in [-0.2, 0) is 0 Å². The van der Waals surface area contributed by atoms with E-state index in [1.165, 1.54) is 6.07 Å². The molecule has 0 aliphatic heterocycles. The van der Waals surface area contributed by atoms with Crippen molar-refractivity contribution in [3.63, 3.8) is 0 Å². The van der Waals surface area contributed by atoms with Crippen molar-refractivity contribution in [3.05, 3.63) is 74.3 Å². The molecule has 0 spiro atoms. The van der Waals surface area contributed by atoms with Gasteiger partial charge in [0.05, 0.1) is 4.92 Å². The van der Waals surface area contributed by atoms with Crippen molar-refractivity contribution < 1.29 is 14.5 Å². The summed E-state index contributed by atoms with van der Waals surface area (Å²) in [6, 6.07) is 9.68. The summed E-state index contributed by atoms with van der Waals surface area (Å²) in [5.41, 5.74) is 1.76. The summed E-state index contributed by atoms with van der Waals surface area (Å²) in [5.74, 6) is -1.26. The van der Waals surface area contributed by atoms with E-state index in [0.29, 0.717) is 22.3 Å². The molecule has 0 heterocycles. The highest BCUT2D eigenvalue weighted by Gasteiger charge is 2.25. The van der Waals surface area contributed by atoms with Gasteiger partial charge in [0.15, 0.2) is 0 Å². The highest BCUT2D eigenvalue weighted by molar-refractivity contribution is 6.49. The first-order valence-electron chi connectivity index (χ1n) is 6.74. The fraction of sp³-hybridized carbons (Fsp3) is 0.176. The lowest BCUT2D eigenvalue weighted by atomic mass is 9.92. The topological polar surface area (TPSA) is 77.3 Å². The van der Waals surface area contributed by atoms with Crippen molar-refractivity contribution in [3.8, 4) is 0 Å². The summed E-state index contributed by atoms with van der Waals surface area (Å²) in [4.78, 5) is 35.3. The van der Waals surface area contributed by atoms with E-state index < -0.39 is 16.5 Å². The second-order valence-electron chi connectivity index (χ2n) is 5.12. The van der Waals surface area contributed by atoms with Gasteiger partial charge in [-0.25, -0.2) is 0 Å². The van der Waals surface area contributed by atoms with Crippen molar-refractivity contribution in [2.45, 2.75) is 20.8 Å². The summed E-state index contributed by atoms with van der Waals surface area (Å²) in [7, 11) is 0. The van der Waals surface area contributed by atoms with Crippen molar-refractivity contribution in [1.82, 2.24) is 0 Å². The fourth-order valence-electron chi connectivity index (χ4n) is 2.43. The number of hydrogen-bond donors (Lipinski definition) is 0. The standard InChI is InChI=1S/C17H15NO4/c1-10-9-14(11(2)12(3)15(10)18(21)22)17(20)16(19)13-7-5-4-6-8-13/h4-9H,1-3H3. The Hall–Kier alpha value is -2.82. The maximum Gasteiger partial charge on any atom is 0.275 e. The molecule has 112 valence electrons. The Morgan fingerprint density at radius 3 is 2.09 bits per heavy atom. The summed E-state index contributed by atoms with van der Waals surface area (Å²) >= 11 is 0. The Bertz CT molecular complexity index is 779. The van der Waals surface area contributed by atoms with Crippen LogP contribution in [0.3, 0.4) is 0 Å². The second kappa shape index (κ2) is 5.89. The van der Waals surface area contributed by atoms with Gasteiger partial charge in [-0.15, -0.1) is 0 Å². The van der Waals surface area contributed by atoms with Crippen LogP contribution in [0.25, 0.3) is 0 Å². The van der Waals surface area contributed by atoms with Gasteiger partial charge in [-0.3, -0.25) is 19.7 Å². The van der Waals surface area contributed by atoms with Gasteiger partial charge in [-0.1, -0.05) is 30.3 Å². The lowest BCUT2D eigenvalue weighted by Crippen LogP contribution is -2.17. The summed E-state index contributed by atoms with van der Waals surface area (Å²) in [6.07, 6.45) is 0. The number of aryl methyl sites for hydroxylation is 1. The van der Waals surface area contributed by atoms with Crippen molar-refractivity contribution in [2.75, 3.05) is 0 Å². The summed E-state index contributed by atoms with van der Waals surface area (Å²) in [6.45, 7) is 4.77. The molecule has 0 bridgehead atoms. The van der Waals surface area contributed by atoms with Gasteiger partial charge in [0.25, 0.3) is 5.69 Å². The van der Waals surface area contributed by atoms with E-state index in [2.05, 4.69) is 0 Å². The zero-order valence-electron chi connectivity index (χ0n) is 12.5. The first kappa shape index (κ1) is 15.6. The van der Waals surface area contributed by atoms with E-state index in [-0.39, 0.29) is 11.3 Å². The maximum absolute atomic E-state index is 12.4. The van der Waals surface area contributed by atoms with Gasteiger partial charge in [-0.05, 0) is 32.4 Å². The predicted molar refractivity (Wildman–Crippen MR) is 82.4 cm³/mol. The highest BCUT2D eigenvalue weighted by Crippen LogP contribution is 2.29. The van der Waals surface area contributed by atoms with Gasteiger partial charge in [0, 0.05) is 22.3 Å². The number of ketones is 2. The number of Topliss-reactive ketones (excluding diaryl/α,β-unsaturated/α-hetero) is 2. The van der Waals surface area contributed by atoms with Crippen LogP contribution in [0.15, 0.2) is 36.4 Å². The highest BCUT2D eigenvalue weighted by atomic mass is 16.6. The number of nitrogens with zero attached hydrogens (tertiary/aromatic N) is 1. The minimum Gasteiger partial charge on any atom is -0.285 e. The van der Waals surface area contributed by atoms with E-state index in [0.717, 1.165) is 0 Å². The van der Waals surface area contributed by atoms with Crippen LogP contribution in [0.1, 0.15) is 37.4 Å². The van der Waals surface area contributed by atoms with E-state index in [4.69, 9.17) is 0 Å². The first-order valence-corrected chi connectivity index (χ1v) is 6.74. The number of rotatable bonds is 4. The molecule has 2 aromatic carbocycles. The molecule has 2 rings (SSSR count). The molecule has 0 unspecified atom stereocenters. The van der Waals surface area contributed by atoms with Crippen molar-refractivity contribution in [2.24, 2.45) is 0 Å². The molecule has 0 fully saturated rings. The molecule has 0 amide bonds. The Labute approximate surface area is 127 Å². The number of hydrogen-bond acceptors (Lipinski definition) is 4. The molecule has 2 aromatic rings. The van der Waals surface area contributed by atoms with Gasteiger partial charge >= 0.3 is 0 Å². The molecule has 0 aliphatic rings. The molecule has 0 aliphatic carbocycles. The third-order valence-electron chi connectivity index (χ3n) is 3.73. The summed E-state index contributed by atoms with van der Waals surface area (Å²) in [5, 5.41) is 11.1. The number of benzene rings is 2. The number of carbonyl (C=O) groups excluding carboxylic acids is 2. The molecule has 5 heteroatoms. The minimum absolute atomic E-state index is 0.0128. The van der Waals surface area contributed by atoms with E-state index in [9.17, 15) is 19.7 Å². The minimum atomic E-state index is -0.648. The third-order valence-corrected chi connectivity index (χ3v) is 3.73. The molecule has 0 saturated carbocycles. The van der Waals surface area contributed by atoms with E-state index >= 15 is 0 Å². The molecule has 0 saturated heterocycles. The number of nitro benzene ring substituents is 1. The Balaban J connectivity index is 2.52. The van der Waals surface area contributed by atoms with E-state index in [1.54, 1.807) is 51.1 Å². The quantitative estimate of drug-likeness (QED) is 0.374. The zero-order valence-corrected chi connectivity index (χ0v) is 12.5. The molecule has 0 atom stereocenters. The average Bonchev–Trinajstić information content (AvgIpc) is 2.50. The molecule has 22 heavy (non-hydrogen) atoms. The lowest BCUT2D eigenvalue weighted by Gasteiger charge is -2.10. The largest absolute Gasteiger partial charge is 0.285 e. The van der Waals surface area contributed by atoms with E-state index in [1.807, 2.05) is 0 Å². The molecule has 0 radical (unpaired) electrons. The molecule has 0 N–H and O–H groups in total. The van der Waals surface area contributed by atoms with Crippen LogP contribution in [0.2, 0.25) is 0 Å². The van der Waals surface area contributed by atoms with Gasteiger partial charge in [0.2, 0.25) is 11.6 Å². The summed E-state index contributed by atoms with van der Waals surface area (Å²) < 4.78 is 0. The monoisotopic (exact) mass is 297 g/mol. The normalized spacial score (nSPS) is 10.3. The number of nitro groups is 1. The van der Waals surface area contributed by atoms with Gasteiger partial charge < -0.3 is 0 Å². The first-order chi connectivity index (χ1) is 10.3. The third kappa shape index (κ3) is 2.65. The van der Waals surface area contributed by atoms with Crippen LogP contribution in [0.5, 0.6) is 0 Å². The Morgan fingerprint density at radius 1 is 0.955 bits per heavy atom. The predicted octanol–water partition coefficient (Wildman–Crippen LogP) is 3.59. The van der Waals surface area contributed by atoms with Crippen LogP contribution in [0.4, 0.5) is 5.69 Å². The van der Waals surface area contributed by atoms with Crippen LogP contribution < -0.4 is 0 Å². The Kier molecular flexibility index (Phi) is 4.17. The van der Waals surface area contributed by atoms with Crippen molar-refractivity contribution >= 4 is 17.3 Å². The van der Waals surface area contributed by atoms with Crippen LogP contribution in [-0.4, -0.2) is 16.5 Å². The van der Waals surface area contributed by atoms with Gasteiger partial charge in [-0.2, -0.15) is 0 Å². The van der Waals surface area contributed by atoms with Crippen LogP contribution in [0, 0.1) is 30.9 Å². The van der Waals surface area contributed by atoms with Crippen LogP contribution >= 0.6 is 0 Å². The lowest BCUT2D eigenvalue weighted by molar-refractivity contribution is -0.386. The molecule has 0 aromatic heterocycles.